The molecule has 3 nitrogen and oxygen atoms in total. The molecular formula is C12H17BrN2OS. The van der Waals surface area contributed by atoms with Crippen molar-refractivity contribution in [1.82, 2.24) is 0 Å². The fourth-order valence-electron chi connectivity index (χ4n) is 1.68. The minimum Gasteiger partial charge on any atom is -0.395 e. The van der Waals surface area contributed by atoms with E-state index in [1.165, 1.54) is 0 Å². The number of halogens is 1. The van der Waals surface area contributed by atoms with E-state index in [9.17, 15) is 0 Å². The number of hydrogen-bond donors (Lipinski definition) is 2. The molecule has 0 aliphatic heterocycles. The van der Waals surface area contributed by atoms with Gasteiger partial charge in [0.2, 0.25) is 0 Å². The Bertz CT molecular complexity index is 409. The predicted octanol–water partition coefficient (Wildman–Crippen LogP) is 2.29. The lowest BCUT2D eigenvalue weighted by Crippen LogP contribution is -2.33. The summed E-state index contributed by atoms with van der Waals surface area (Å²) in [6.45, 7) is 4.92. The first kappa shape index (κ1) is 14.4. The Morgan fingerprint density at radius 1 is 1.53 bits per heavy atom. The molecule has 0 amide bonds. The Morgan fingerprint density at radius 2 is 2.18 bits per heavy atom. The molecule has 0 spiro atoms. The van der Waals surface area contributed by atoms with Crippen molar-refractivity contribution in [2.75, 3.05) is 18.1 Å². The summed E-state index contributed by atoms with van der Waals surface area (Å²) >= 11 is 8.42. The number of aliphatic hydroxyl groups is 1. The smallest absolute Gasteiger partial charge is 0.105 e. The maximum Gasteiger partial charge on any atom is 0.105 e. The van der Waals surface area contributed by atoms with Gasteiger partial charge in [0.25, 0.3) is 0 Å². The van der Waals surface area contributed by atoms with Crippen LogP contribution in [0.3, 0.4) is 0 Å². The highest BCUT2D eigenvalue weighted by Gasteiger charge is 2.12. The van der Waals surface area contributed by atoms with Gasteiger partial charge >= 0.3 is 0 Å². The van der Waals surface area contributed by atoms with E-state index < -0.39 is 0 Å². The lowest BCUT2D eigenvalue weighted by molar-refractivity contribution is 0.299. The average molecular weight is 317 g/mol. The van der Waals surface area contributed by atoms with Crippen molar-refractivity contribution in [2.45, 2.75) is 19.9 Å². The molecule has 0 unspecified atom stereocenters. The van der Waals surface area contributed by atoms with Crippen LogP contribution < -0.4 is 10.6 Å². The number of rotatable bonds is 5. The van der Waals surface area contributed by atoms with E-state index >= 15 is 0 Å². The first-order valence-electron chi connectivity index (χ1n) is 5.44. The zero-order valence-corrected chi connectivity index (χ0v) is 12.4. The molecule has 0 saturated heterocycles. The molecule has 0 fully saturated rings. The summed E-state index contributed by atoms with van der Waals surface area (Å²) in [5.41, 5.74) is 7.48. The molecular weight excluding hydrogens is 300 g/mol. The Morgan fingerprint density at radius 3 is 2.59 bits per heavy atom. The van der Waals surface area contributed by atoms with E-state index in [-0.39, 0.29) is 6.61 Å². The van der Waals surface area contributed by atoms with E-state index in [0.29, 0.717) is 17.6 Å². The third-order valence-corrected chi connectivity index (χ3v) is 3.39. The number of thiocarbonyl (C=S) groups is 1. The second kappa shape index (κ2) is 6.33. The van der Waals surface area contributed by atoms with Crippen molar-refractivity contribution in [3.63, 3.8) is 0 Å². The van der Waals surface area contributed by atoms with E-state index in [4.69, 9.17) is 23.1 Å². The third-order valence-electron chi connectivity index (χ3n) is 2.51. The topological polar surface area (TPSA) is 49.5 Å². The van der Waals surface area contributed by atoms with Crippen LogP contribution >= 0.6 is 28.1 Å². The summed E-state index contributed by atoms with van der Waals surface area (Å²) in [6, 6.07) is 6.16. The van der Waals surface area contributed by atoms with Crippen LogP contribution in [-0.4, -0.2) is 29.3 Å². The predicted molar refractivity (Wildman–Crippen MR) is 79.6 cm³/mol. The van der Waals surface area contributed by atoms with Gasteiger partial charge < -0.3 is 15.7 Å². The summed E-state index contributed by atoms with van der Waals surface area (Å²) in [4.78, 5) is 2.50. The third kappa shape index (κ3) is 3.66. The van der Waals surface area contributed by atoms with Crippen molar-refractivity contribution in [1.29, 1.82) is 0 Å². The standard InChI is InChI=1S/C12H17BrN2OS/c1-8(2)15(5-6-16)9-3-4-10(12(14)17)11(13)7-9/h3-4,7-8,16H,5-6H2,1-2H3,(H2,14,17). The largest absolute Gasteiger partial charge is 0.395 e. The summed E-state index contributed by atoms with van der Waals surface area (Å²) < 4.78 is 0.881. The van der Waals surface area contributed by atoms with E-state index in [2.05, 4.69) is 34.7 Å². The Hall–Kier alpha value is -0.650. The normalized spacial score (nSPS) is 10.6. The van der Waals surface area contributed by atoms with Gasteiger partial charge in [-0.15, -0.1) is 0 Å². The van der Waals surface area contributed by atoms with Gasteiger partial charge in [0.05, 0.1) is 6.61 Å². The highest BCUT2D eigenvalue weighted by Crippen LogP contribution is 2.25. The van der Waals surface area contributed by atoms with Crippen molar-refractivity contribution in [3.8, 4) is 0 Å². The van der Waals surface area contributed by atoms with Crippen LogP contribution in [0.4, 0.5) is 5.69 Å². The van der Waals surface area contributed by atoms with Crippen LogP contribution in [0.25, 0.3) is 0 Å². The monoisotopic (exact) mass is 316 g/mol. The maximum absolute atomic E-state index is 9.06. The van der Waals surface area contributed by atoms with Gasteiger partial charge in [-0.05, 0) is 48.0 Å². The molecule has 17 heavy (non-hydrogen) atoms. The number of anilines is 1. The van der Waals surface area contributed by atoms with Gasteiger partial charge in [-0.2, -0.15) is 0 Å². The molecule has 1 aromatic rings. The number of aliphatic hydroxyl groups excluding tert-OH is 1. The van der Waals surface area contributed by atoms with E-state index in [0.717, 1.165) is 15.7 Å². The summed E-state index contributed by atoms with van der Waals surface area (Å²) in [5, 5.41) is 9.06. The highest BCUT2D eigenvalue weighted by molar-refractivity contribution is 9.10. The second-order valence-electron chi connectivity index (χ2n) is 4.04. The number of nitrogens with zero attached hydrogens (tertiary/aromatic N) is 1. The molecule has 94 valence electrons. The minimum absolute atomic E-state index is 0.132. The molecule has 0 bridgehead atoms. The van der Waals surface area contributed by atoms with Crippen molar-refractivity contribution >= 4 is 38.8 Å². The number of nitrogens with two attached hydrogens (primary N) is 1. The van der Waals surface area contributed by atoms with Crippen LogP contribution in [0, 0.1) is 0 Å². The first-order valence-corrected chi connectivity index (χ1v) is 6.64. The molecule has 0 atom stereocenters. The zero-order chi connectivity index (χ0) is 13.0. The van der Waals surface area contributed by atoms with Crippen LogP contribution in [0.15, 0.2) is 22.7 Å². The molecule has 5 heteroatoms. The minimum atomic E-state index is 0.132. The molecule has 0 saturated carbocycles. The van der Waals surface area contributed by atoms with Crippen molar-refractivity contribution < 1.29 is 5.11 Å². The van der Waals surface area contributed by atoms with Gasteiger partial charge in [-0.1, -0.05) is 12.2 Å². The van der Waals surface area contributed by atoms with Crippen LogP contribution in [0.5, 0.6) is 0 Å². The maximum atomic E-state index is 9.06. The Balaban J connectivity index is 3.06. The fraction of sp³-hybridized carbons (Fsp3) is 0.417. The quantitative estimate of drug-likeness (QED) is 0.818. The van der Waals surface area contributed by atoms with Crippen LogP contribution in [0.2, 0.25) is 0 Å². The molecule has 0 aromatic heterocycles. The molecule has 0 radical (unpaired) electrons. The molecule has 0 heterocycles. The average Bonchev–Trinajstić information content (AvgIpc) is 2.24. The van der Waals surface area contributed by atoms with Crippen LogP contribution in [0.1, 0.15) is 19.4 Å². The van der Waals surface area contributed by atoms with Crippen molar-refractivity contribution in [2.24, 2.45) is 5.73 Å². The van der Waals surface area contributed by atoms with Crippen LogP contribution in [-0.2, 0) is 0 Å². The Labute approximate surface area is 116 Å². The SMILES string of the molecule is CC(C)N(CCO)c1ccc(C(N)=S)c(Br)c1. The van der Waals surface area contributed by atoms with Gasteiger partial charge in [-0.25, -0.2) is 0 Å². The Kier molecular flexibility index (Phi) is 5.36. The molecule has 0 aliphatic rings. The van der Waals surface area contributed by atoms with E-state index in [1.54, 1.807) is 0 Å². The van der Waals surface area contributed by atoms with Gasteiger partial charge in [0.15, 0.2) is 0 Å². The van der Waals surface area contributed by atoms with E-state index in [1.807, 2.05) is 18.2 Å². The summed E-state index contributed by atoms with van der Waals surface area (Å²) in [5.74, 6) is 0. The number of hydrogen-bond acceptors (Lipinski definition) is 3. The molecule has 0 aliphatic carbocycles. The second-order valence-corrected chi connectivity index (χ2v) is 5.33. The number of benzene rings is 1. The van der Waals surface area contributed by atoms with Gasteiger partial charge in [-0.3, -0.25) is 0 Å². The lowest BCUT2D eigenvalue weighted by atomic mass is 10.1. The summed E-state index contributed by atoms with van der Waals surface area (Å²) in [7, 11) is 0. The highest BCUT2D eigenvalue weighted by atomic mass is 79.9. The van der Waals surface area contributed by atoms with Crippen molar-refractivity contribution in [3.05, 3.63) is 28.2 Å². The first-order chi connectivity index (χ1) is 7.97. The van der Waals surface area contributed by atoms with Gasteiger partial charge in [0, 0.05) is 28.3 Å². The molecule has 1 rings (SSSR count). The molecule has 3 N–H and O–H groups in total. The summed E-state index contributed by atoms with van der Waals surface area (Å²) in [6.07, 6.45) is 0. The fourth-order valence-corrected chi connectivity index (χ4v) is 2.57. The molecule has 1 aromatic carbocycles. The lowest BCUT2D eigenvalue weighted by Gasteiger charge is -2.28. The van der Waals surface area contributed by atoms with Gasteiger partial charge in [0.1, 0.15) is 4.99 Å². The zero-order valence-electron chi connectivity index (χ0n) is 9.98.